The quantitative estimate of drug-likeness (QED) is 0.223. The maximum atomic E-state index is 11.9. The Morgan fingerprint density at radius 3 is 2.44 bits per heavy atom. The first-order chi connectivity index (χ1) is 15.5. The molecule has 1 heterocycles. The molecule has 7 nitrogen and oxygen atoms in total. The summed E-state index contributed by atoms with van der Waals surface area (Å²) in [6.07, 6.45) is 0. The van der Waals surface area contributed by atoms with E-state index in [4.69, 9.17) is 9.15 Å². The molecular weight excluding hydrogens is 410 g/mol. The van der Waals surface area contributed by atoms with E-state index in [9.17, 15) is 14.5 Å². The van der Waals surface area contributed by atoms with Gasteiger partial charge in [-0.25, -0.2) is 4.79 Å². The highest BCUT2D eigenvalue weighted by Crippen LogP contribution is 2.42. The summed E-state index contributed by atoms with van der Waals surface area (Å²) in [6.45, 7) is 5.74. The number of benzene rings is 3. The number of nitroso groups, excluding NO2 is 1. The van der Waals surface area contributed by atoms with Crippen molar-refractivity contribution >= 4 is 22.6 Å². The molecule has 0 atom stereocenters. The van der Waals surface area contributed by atoms with Crippen molar-refractivity contribution in [3.63, 3.8) is 0 Å². The average Bonchev–Trinajstić information content (AvgIpc) is 2.82. The van der Waals surface area contributed by atoms with Gasteiger partial charge in [0.2, 0.25) is 0 Å². The highest BCUT2D eigenvalue weighted by molar-refractivity contribution is 6.03. The van der Waals surface area contributed by atoms with Crippen molar-refractivity contribution in [2.75, 3.05) is 13.7 Å². The van der Waals surface area contributed by atoms with E-state index in [1.165, 1.54) is 19.2 Å². The molecule has 0 aromatic heterocycles. The van der Waals surface area contributed by atoms with Crippen LogP contribution in [0.15, 0.2) is 69.0 Å². The lowest BCUT2D eigenvalue weighted by atomic mass is 9.91. The van der Waals surface area contributed by atoms with Gasteiger partial charge in [0.25, 0.3) is 0 Å². The molecule has 0 saturated heterocycles. The third kappa shape index (κ3) is 4.51. The van der Waals surface area contributed by atoms with Gasteiger partial charge in [0, 0.05) is 28.6 Å². The van der Waals surface area contributed by atoms with Crippen molar-refractivity contribution in [1.82, 2.24) is 0 Å². The SMILES string of the molecule is CC.COC(=O)COc1ccc(-c2c3ccc(=O)cc-3oc3cc(N=O)ccc23)c(C)c1. The molecule has 4 rings (SSSR count). The minimum Gasteiger partial charge on any atom is -0.482 e. The predicted octanol–water partition coefficient (Wildman–Crippen LogP) is 5.85. The second-order valence-corrected chi connectivity index (χ2v) is 6.75. The Balaban J connectivity index is 0.00000141. The monoisotopic (exact) mass is 433 g/mol. The van der Waals surface area contributed by atoms with Crippen molar-refractivity contribution in [3.05, 3.63) is 75.3 Å². The third-order valence-electron chi connectivity index (χ3n) is 4.83. The Bertz CT molecular complexity index is 1310. The second-order valence-electron chi connectivity index (χ2n) is 6.75. The van der Waals surface area contributed by atoms with Crippen LogP contribution in [-0.2, 0) is 9.53 Å². The number of hydrogen-bond donors (Lipinski definition) is 0. The molecule has 0 N–H and O–H groups in total. The zero-order valence-corrected chi connectivity index (χ0v) is 18.3. The molecule has 0 radical (unpaired) electrons. The highest BCUT2D eigenvalue weighted by Gasteiger charge is 2.19. The number of aryl methyl sites for hydroxylation is 1. The third-order valence-corrected chi connectivity index (χ3v) is 4.83. The fourth-order valence-electron chi connectivity index (χ4n) is 3.41. The lowest BCUT2D eigenvalue weighted by molar-refractivity contribution is -0.142. The van der Waals surface area contributed by atoms with Gasteiger partial charge in [-0.1, -0.05) is 19.9 Å². The summed E-state index contributed by atoms with van der Waals surface area (Å²) < 4.78 is 16.0. The molecule has 0 spiro atoms. The van der Waals surface area contributed by atoms with Crippen LogP contribution in [0.5, 0.6) is 5.75 Å². The molecule has 164 valence electrons. The Hall–Kier alpha value is -4.00. The summed E-state index contributed by atoms with van der Waals surface area (Å²) in [5, 5.41) is 3.74. The van der Waals surface area contributed by atoms with Crippen LogP contribution in [0.3, 0.4) is 0 Å². The number of methoxy groups -OCH3 is 1. The van der Waals surface area contributed by atoms with E-state index in [2.05, 4.69) is 9.91 Å². The van der Waals surface area contributed by atoms with Crippen molar-refractivity contribution in [3.8, 4) is 28.2 Å². The van der Waals surface area contributed by atoms with Gasteiger partial charge < -0.3 is 13.9 Å². The molecule has 0 amide bonds. The molecule has 0 unspecified atom stereocenters. The van der Waals surface area contributed by atoms with E-state index in [-0.39, 0.29) is 17.7 Å². The first-order valence-electron chi connectivity index (χ1n) is 10.1. The number of esters is 1. The summed E-state index contributed by atoms with van der Waals surface area (Å²) in [4.78, 5) is 34.1. The van der Waals surface area contributed by atoms with E-state index in [1.54, 1.807) is 30.3 Å². The average molecular weight is 433 g/mol. The van der Waals surface area contributed by atoms with Crippen LogP contribution in [-0.4, -0.2) is 19.7 Å². The van der Waals surface area contributed by atoms with Crippen LogP contribution < -0.4 is 10.2 Å². The van der Waals surface area contributed by atoms with Crippen LogP contribution >= 0.6 is 0 Å². The fourth-order valence-corrected chi connectivity index (χ4v) is 3.41. The summed E-state index contributed by atoms with van der Waals surface area (Å²) in [5.41, 5.74) is 3.93. The number of ether oxygens (including phenoxy) is 2. The number of fused-ring (bicyclic) bond motifs is 2. The van der Waals surface area contributed by atoms with Gasteiger partial charge in [0.1, 0.15) is 22.8 Å². The van der Waals surface area contributed by atoms with Crippen molar-refractivity contribution in [1.29, 1.82) is 0 Å². The number of rotatable bonds is 5. The van der Waals surface area contributed by atoms with E-state index in [0.29, 0.717) is 17.1 Å². The maximum absolute atomic E-state index is 11.9. The van der Waals surface area contributed by atoms with E-state index >= 15 is 0 Å². The Labute approximate surface area is 184 Å². The lowest BCUT2D eigenvalue weighted by Gasteiger charge is -2.17. The Kier molecular flexibility index (Phi) is 7.00. The summed E-state index contributed by atoms with van der Waals surface area (Å²) in [5.74, 6) is 0.482. The van der Waals surface area contributed by atoms with Gasteiger partial charge in [-0.05, 0) is 59.6 Å². The molecule has 2 aromatic carbocycles. The lowest BCUT2D eigenvalue weighted by Crippen LogP contribution is -2.12. The van der Waals surface area contributed by atoms with Crippen molar-refractivity contribution in [2.24, 2.45) is 5.18 Å². The summed E-state index contributed by atoms with van der Waals surface area (Å²) >= 11 is 0. The first-order valence-corrected chi connectivity index (χ1v) is 10.1. The van der Waals surface area contributed by atoms with E-state index in [1.807, 2.05) is 32.9 Å². The van der Waals surface area contributed by atoms with Crippen LogP contribution in [0, 0.1) is 11.8 Å². The van der Waals surface area contributed by atoms with Crippen LogP contribution in [0.25, 0.3) is 33.4 Å². The molecule has 1 aliphatic carbocycles. The van der Waals surface area contributed by atoms with Crippen LogP contribution in [0.4, 0.5) is 5.69 Å². The minimum atomic E-state index is -0.466. The van der Waals surface area contributed by atoms with Crippen molar-refractivity contribution in [2.45, 2.75) is 20.8 Å². The molecule has 1 aliphatic heterocycles. The van der Waals surface area contributed by atoms with Gasteiger partial charge in [0.15, 0.2) is 12.0 Å². The molecule has 2 aromatic rings. The number of nitrogens with zero attached hydrogens (tertiary/aromatic N) is 1. The van der Waals surface area contributed by atoms with Gasteiger partial charge >= 0.3 is 5.97 Å². The minimum absolute atomic E-state index is 0.176. The van der Waals surface area contributed by atoms with Gasteiger partial charge in [0.05, 0.1) is 7.11 Å². The second kappa shape index (κ2) is 9.87. The van der Waals surface area contributed by atoms with Crippen molar-refractivity contribution < 1.29 is 18.7 Å². The summed E-state index contributed by atoms with van der Waals surface area (Å²) in [7, 11) is 1.30. The molecular formula is C25H23NO6. The molecule has 7 heteroatoms. The standard InChI is InChI=1S/C23H17NO6.C2H6/c1-13-9-16(29-12-22(26)28-2)5-8-17(13)23-18-6-3-14(24-27)10-20(18)30-21-11-15(25)4-7-19(21)23;1-2/h3-11H,12H2,1-2H3;1-2H3. The fraction of sp³-hybridized carbons (Fsp3) is 0.200. The maximum Gasteiger partial charge on any atom is 0.343 e. The number of carbonyl (C=O) groups is 1. The topological polar surface area (TPSA) is 95.2 Å². The largest absolute Gasteiger partial charge is 0.482 e. The molecule has 0 fully saturated rings. The zero-order valence-electron chi connectivity index (χ0n) is 18.3. The normalized spacial score (nSPS) is 10.4. The predicted molar refractivity (Wildman–Crippen MR) is 124 cm³/mol. The molecule has 0 bridgehead atoms. The number of hydrogen-bond acceptors (Lipinski definition) is 7. The highest BCUT2D eigenvalue weighted by atomic mass is 16.6. The Morgan fingerprint density at radius 2 is 1.75 bits per heavy atom. The first kappa shape index (κ1) is 22.7. The number of carbonyl (C=O) groups excluding carboxylic acids is 1. The van der Waals surface area contributed by atoms with Gasteiger partial charge in [-0.15, -0.1) is 4.91 Å². The van der Waals surface area contributed by atoms with E-state index < -0.39 is 5.97 Å². The Morgan fingerprint density at radius 1 is 1.00 bits per heavy atom. The summed E-state index contributed by atoms with van der Waals surface area (Å²) in [6, 6.07) is 15.0. The van der Waals surface area contributed by atoms with Gasteiger partial charge in [-0.3, -0.25) is 4.79 Å². The molecule has 32 heavy (non-hydrogen) atoms. The molecule has 2 aliphatic rings. The van der Waals surface area contributed by atoms with Crippen LogP contribution in [0.2, 0.25) is 0 Å². The van der Waals surface area contributed by atoms with Crippen LogP contribution in [0.1, 0.15) is 19.4 Å². The molecule has 0 saturated carbocycles. The zero-order chi connectivity index (χ0) is 23.3. The van der Waals surface area contributed by atoms with Gasteiger partial charge in [-0.2, -0.15) is 0 Å². The van der Waals surface area contributed by atoms with E-state index in [0.717, 1.165) is 27.6 Å². The smallest absolute Gasteiger partial charge is 0.343 e.